The second kappa shape index (κ2) is 7.21. The summed E-state index contributed by atoms with van der Waals surface area (Å²) in [7, 11) is 0. The average molecular weight is 293 g/mol. The van der Waals surface area contributed by atoms with Gasteiger partial charge in [-0.05, 0) is 25.3 Å². The lowest BCUT2D eigenvalue weighted by Gasteiger charge is -2.31. The molecule has 1 saturated heterocycles. The van der Waals surface area contributed by atoms with E-state index in [1.165, 1.54) is 0 Å². The Hall–Kier alpha value is -1.89. The van der Waals surface area contributed by atoms with Crippen LogP contribution in [0.25, 0.3) is 0 Å². The summed E-state index contributed by atoms with van der Waals surface area (Å²) in [6.07, 6.45) is 2.45. The normalized spacial score (nSPS) is 18.6. The smallest absolute Gasteiger partial charge is 0.274 e. The number of likely N-dealkylation sites (tertiary alicyclic amines) is 1. The van der Waals surface area contributed by atoms with Gasteiger partial charge in [-0.25, -0.2) is 0 Å². The SMILES string of the molecule is CCc1cc(C(=O)N2CCCC(C(=O)NCCN)C2)n[nH]1. The van der Waals surface area contributed by atoms with Crippen LogP contribution in [0.2, 0.25) is 0 Å². The first-order valence-electron chi connectivity index (χ1n) is 7.47. The minimum Gasteiger partial charge on any atom is -0.355 e. The fraction of sp³-hybridized carbons (Fsp3) is 0.643. The third kappa shape index (κ3) is 3.81. The highest BCUT2D eigenvalue weighted by Crippen LogP contribution is 2.18. The second-order valence-electron chi connectivity index (χ2n) is 5.30. The molecule has 2 rings (SSSR count). The lowest BCUT2D eigenvalue weighted by Crippen LogP contribution is -2.46. The predicted octanol–water partition coefficient (Wildman–Crippen LogP) is -0.101. The molecule has 1 aromatic rings. The first-order valence-corrected chi connectivity index (χ1v) is 7.47. The summed E-state index contributed by atoms with van der Waals surface area (Å²) in [4.78, 5) is 26.1. The number of nitrogens with one attached hydrogen (secondary N) is 2. The van der Waals surface area contributed by atoms with Crippen LogP contribution in [0.1, 0.15) is 35.9 Å². The number of aromatic amines is 1. The van der Waals surface area contributed by atoms with E-state index in [0.717, 1.165) is 25.0 Å². The Bertz CT molecular complexity index is 499. The highest BCUT2D eigenvalue weighted by atomic mass is 16.2. The topological polar surface area (TPSA) is 104 Å². The molecule has 0 radical (unpaired) electrons. The molecular weight excluding hydrogens is 270 g/mol. The van der Waals surface area contributed by atoms with E-state index in [1.807, 2.05) is 6.92 Å². The van der Waals surface area contributed by atoms with Crippen molar-refractivity contribution in [2.45, 2.75) is 26.2 Å². The number of rotatable bonds is 5. The van der Waals surface area contributed by atoms with Crippen LogP contribution in [0.4, 0.5) is 0 Å². The molecule has 4 N–H and O–H groups in total. The Balaban J connectivity index is 1.96. The quantitative estimate of drug-likeness (QED) is 0.705. The number of H-pyrrole nitrogens is 1. The van der Waals surface area contributed by atoms with Crippen molar-refractivity contribution < 1.29 is 9.59 Å². The first kappa shape index (κ1) is 15.5. The highest BCUT2D eigenvalue weighted by molar-refractivity contribution is 5.93. The third-order valence-electron chi connectivity index (χ3n) is 3.75. The van der Waals surface area contributed by atoms with Gasteiger partial charge in [0.05, 0.1) is 5.92 Å². The van der Waals surface area contributed by atoms with Gasteiger partial charge >= 0.3 is 0 Å². The van der Waals surface area contributed by atoms with E-state index in [2.05, 4.69) is 15.5 Å². The van der Waals surface area contributed by atoms with Gasteiger partial charge in [0.1, 0.15) is 5.69 Å². The van der Waals surface area contributed by atoms with Gasteiger partial charge < -0.3 is 16.0 Å². The summed E-state index contributed by atoms with van der Waals surface area (Å²) in [6, 6.07) is 1.78. The summed E-state index contributed by atoms with van der Waals surface area (Å²) >= 11 is 0. The minimum absolute atomic E-state index is 0.0192. The summed E-state index contributed by atoms with van der Waals surface area (Å²) in [6.45, 7) is 4.02. The number of hydrogen-bond donors (Lipinski definition) is 3. The van der Waals surface area contributed by atoms with Crippen LogP contribution in [-0.2, 0) is 11.2 Å². The molecule has 0 aromatic carbocycles. The third-order valence-corrected chi connectivity index (χ3v) is 3.75. The van der Waals surface area contributed by atoms with Gasteiger partial charge in [0.25, 0.3) is 5.91 Å². The van der Waals surface area contributed by atoms with Crippen LogP contribution in [0.5, 0.6) is 0 Å². The van der Waals surface area contributed by atoms with Crippen molar-refractivity contribution in [3.63, 3.8) is 0 Å². The summed E-state index contributed by atoms with van der Waals surface area (Å²) in [5.74, 6) is -0.282. The summed E-state index contributed by atoms with van der Waals surface area (Å²) < 4.78 is 0. The predicted molar refractivity (Wildman–Crippen MR) is 78.7 cm³/mol. The molecular formula is C14H23N5O2. The van der Waals surface area contributed by atoms with E-state index in [4.69, 9.17) is 5.73 Å². The Kier molecular flexibility index (Phi) is 5.32. The fourth-order valence-electron chi connectivity index (χ4n) is 2.53. The second-order valence-corrected chi connectivity index (χ2v) is 5.30. The highest BCUT2D eigenvalue weighted by Gasteiger charge is 2.29. The summed E-state index contributed by atoms with van der Waals surface area (Å²) in [5, 5.41) is 9.69. The van der Waals surface area contributed by atoms with Crippen molar-refractivity contribution in [1.82, 2.24) is 20.4 Å². The molecule has 1 aromatic heterocycles. The number of carbonyl (C=O) groups excluding carboxylic acids is 2. The van der Waals surface area contributed by atoms with Crippen LogP contribution >= 0.6 is 0 Å². The average Bonchev–Trinajstić information content (AvgIpc) is 3.01. The molecule has 21 heavy (non-hydrogen) atoms. The molecule has 2 amide bonds. The Morgan fingerprint density at radius 1 is 1.57 bits per heavy atom. The zero-order valence-corrected chi connectivity index (χ0v) is 12.4. The molecule has 1 fully saturated rings. The molecule has 1 aliphatic rings. The van der Waals surface area contributed by atoms with Gasteiger partial charge in [0.2, 0.25) is 5.91 Å². The molecule has 1 unspecified atom stereocenters. The maximum absolute atomic E-state index is 12.4. The number of aryl methyl sites for hydroxylation is 1. The van der Waals surface area contributed by atoms with Gasteiger partial charge in [0.15, 0.2) is 0 Å². The number of piperidine rings is 1. The molecule has 0 spiro atoms. The van der Waals surface area contributed by atoms with Gasteiger partial charge in [-0.3, -0.25) is 14.7 Å². The minimum atomic E-state index is -0.154. The maximum atomic E-state index is 12.4. The summed E-state index contributed by atoms with van der Waals surface area (Å²) in [5.41, 5.74) is 6.75. The molecule has 7 nitrogen and oxygen atoms in total. The molecule has 0 aliphatic carbocycles. The zero-order chi connectivity index (χ0) is 15.2. The standard InChI is InChI=1S/C14H23N5O2/c1-2-11-8-12(18-17-11)14(21)19-7-3-4-10(9-19)13(20)16-6-5-15/h8,10H,2-7,9,15H2,1H3,(H,16,20)(H,17,18). The fourth-order valence-corrected chi connectivity index (χ4v) is 2.53. The van der Waals surface area contributed by atoms with E-state index >= 15 is 0 Å². The number of carbonyl (C=O) groups is 2. The van der Waals surface area contributed by atoms with Crippen molar-refractivity contribution in [2.24, 2.45) is 11.7 Å². The Labute approximate surface area is 124 Å². The lowest BCUT2D eigenvalue weighted by molar-refractivity contribution is -0.126. The van der Waals surface area contributed by atoms with Crippen molar-refractivity contribution >= 4 is 11.8 Å². The van der Waals surface area contributed by atoms with E-state index in [0.29, 0.717) is 31.9 Å². The number of nitrogens with two attached hydrogens (primary N) is 1. The molecule has 1 atom stereocenters. The van der Waals surface area contributed by atoms with Crippen molar-refractivity contribution in [3.8, 4) is 0 Å². The maximum Gasteiger partial charge on any atom is 0.274 e. The van der Waals surface area contributed by atoms with Crippen molar-refractivity contribution in [3.05, 3.63) is 17.5 Å². The number of nitrogens with zero attached hydrogens (tertiary/aromatic N) is 2. The van der Waals surface area contributed by atoms with Gasteiger partial charge in [-0.2, -0.15) is 5.10 Å². The molecule has 0 saturated carbocycles. The van der Waals surface area contributed by atoms with E-state index in [1.54, 1.807) is 11.0 Å². The lowest BCUT2D eigenvalue weighted by atomic mass is 9.97. The molecule has 0 bridgehead atoms. The van der Waals surface area contributed by atoms with E-state index < -0.39 is 0 Å². The van der Waals surface area contributed by atoms with Gasteiger partial charge in [-0.15, -0.1) is 0 Å². The van der Waals surface area contributed by atoms with E-state index in [9.17, 15) is 9.59 Å². The zero-order valence-electron chi connectivity index (χ0n) is 12.4. The number of aromatic nitrogens is 2. The van der Waals surface area contributed by atoms with Crippen molar-refractivity contribution in [2.75, 3.05) is 26.2 Å². The van der Waals surface area contributed by atoms with Crippen LogP contribution in [0, 0.1) is 5.92 Å². The van der Waals surface area contributed by atoms with Crippen LogP contribution < -0.4 is 11.1 Å². The molecule has 116 valence electrons. The molecule has 2 heterocycles. The van der Waals surface area contributed by atoms with Gasteiger partial charge in [-0.1, -0.05) is 6.92 Å². The van der Waals surface area contributed by atoms with E-state index in [-0.39, 0.29) is 17.7 Å². The van der Waals surface area contributed by atoms with Crippen LogP contribution in [0.15, 0.2) is 6.07 Å². The van der Waals surface area contributed by atoms with Gasteiger partial charge in [0, 0.05) is 31.9 Å². The largest absolute Gasteiger partial charge is 0.355 e. The van der Waals surface area contributed by atoms with Crippen molar-refractivity contribution in [1.29, 1.82) is 0 Å². The molecule has 7 heteroatoms. The Morgan fingerprint density at radius 2 is 2.38 bits per heavy atom. The van der Waals surface area contributed by atoms with Crippen LogP contribution in [-0.4, -0.2) is 53.1 Å². The number of amides is 2. The van der Waals surface area contributed by atoms with Crippen LogP contribution in [0.3, 0.4) is 0 Å². The Morgan fingerprint density at radius 3 is 3.05 bits per heavy atom. The number of hydrogen-bond acceptors (Lipinski definition) is 4. The first-order chi connectivity index (χ1) is 10.2. The molecule has 1 aliphatic heterocycles. The monoisotopic (exact) mass is 293 g/mol.